The van der Waals surface area contributed by atoms with Gasteiger partial charge in [0.1, 0.15) is 12.3 Å². The van der Waals surface area contributed by atoms with E-state index >= 15 is 0 Å². The molecule has 25 heavy (non-hydrogen) atoms. The quantitative estimate of drug-likeness (QED) is 0.659. The summed E-state index contributed by atoms with van der Waals surface area (Å²) in [4.78, 5) is 17.0. The maximum atomic E-state index is 12.4. The highest BCUT2D eigenvalue weighted by Gasteiger charge is 2.13. The second-order valence-electron chi connectivity index (χ2n) is 5.53. The Labute approximate surface area is 151 Å². The lowest BCUT2D eigenvalue weighted by molar-refractivity contribution is -0.121. The van der Waals surface area contributed by atoms with E-state index in [-0.39, 0.29) is 12.5 Å². The van der Waals surface area contributed by atoms with Gasteiger partial charge in [-0.1, -0.05) is 43.0 Å². The van der Waals surface area contributed by atoms with Crippen LogP contribution in [-0.2, 0) is 17.9 Å². The summed E-state index contributed by atoms with van der Waals surface area (Å²) in [5.41, 5.74) is 2.94. The number of ether oxygens (including phenoxy) is 1. The van der Waals surface area contributed by atoms with Gasteiger partial charge in [-0.25, -0.2) is 4.98 Å². The standard InChI is InChI=1S/C19H21N3O2S/c1-3-25-19-21-16-6-4-5-7-17(16)22(19)13-18(23)20-12-14-8-10-15(24-2)11-9-14/h4-11H,3,12-13H2,1-2H3,(H,20,23). The van der Waals surface area contributed by atoms with Crippen LogP contribution in [-0.4, -0.2) is 28.3 Å². The van der Waals surface area contributed by atoms with Crippen LogP contribution in [0.5, 0.6) is 5.75 Å². The summed E-state index contributed by atoms with van der Waals surface area (Å²) in [5, 5.41) is 3.85. The van der Waals surface area contributed by atoms with Gasteiger partial charge in [0.05, 0.1) is 18.1 Å². The summed E-state index contributed by atoms with van der Waals surface area (Å²) >= 11 is 1.65. The minimum absolute atomic E-state index is 0.0306. The first kappa shape index (κ1) is 17.4. The first-order valence-corrected chi connectivity index (χ1v) is 9.17. The Hall–Kier alpha value is -2.47. The number of imidazole rings is 1. The molecule has 3 aromatic rings. The lowest BCUT2D eigenvalue weighted by Gasteiger charge is -2.10. The van der Waals surface area contributed by atoms with E-state index in [1.807, 2.05) is 53.1 Å². The van der Waals surface area contributed by atoms with Gasteiger partial charge in [-0.2, -0.15) is 0 Å². The van der Waals surface area contributed by atoms with Gasteiger partial charge >= 0.3 is 0 Å². The van der Waals surface area contributed by atoms with Crippen molar-refractivity contribution >= 4 is 28.7 Å². The molecule has 0 atom stereocenters. The van der Waals surface area contributed by atoms with Gasteiger partial charge in [-0.3, -0.25) is 4.79 Å². The highest BCUT2D eigenvalue weighted by Crippen LogP contribution is 2.23. The number of nitrogens with one attached hydrogen (secondary N) is 1. The highest BCUT2D eigenvalue weighted by molar-refractivity contribution is 7.99. The van der Waals surface area contributed by atoms with Crippen molar-refractivity contribution in [2.75, 3.05) is 12.9 Å². The molecule has 0 saturated heterocycles. The Kier molecular flexibility index (Phi) is 5.60. The molecular formula is C19H21N3O2S. The van der Waals surface area contributed by atoms with E-state index in [0.717, 1.165) is 33.3 Å². The predicted octanol–water partition coefficient (Wildman–Crippen LogP) is 3.47. The fourth-order valence-electron chi connectivity index (χ4n) is 2.59. The number of para-hydroxylation sites is 2. The van der Waals surface area contributed by atoms with Crippen LogP contribution in [0.2, 0.25) is 0 Å². The van der Waals surface area contributed by atoms with E-state index in [0.29, 0.717) is 6.54 Å². The number of benzene rings is 2. The van der Waals surface area contributed by atoms with Crippen LogP contribution in [0.15, 0.2) is 53.7 Å². The number of amides is 1. The Morgan fingerprint density at radius 3 is 2.68 bits per heavy atom. The first-order valence-electron chi connectivity index (χ1n) is 8.19. The minimum Gasteiger partial charge on any atom is -0.497 e. The lowest BCUT2D eigenvalue weighted by atomic mass is 10.2. The molecular weight excluding hydrogens is 334 g/mol. The molecule has 1 amide bonds. The zero-order chi connectivity index (χ0) is 17.6. The third-order valence-corrected chi connectivity index (χ3v) is 4.70. The van der Waals surface area contributed by atoms with Gasteiger partial charge < -0.3 is 14.6 Å². The number of thioether (sulfide) groups is 1. The number of aromatic nitrogens is 2. The first-order chi connectivity index (χ1) is 12.2. The predicted molar refractivity (Wildman–Crippen MR) is 101 cm³/mol. The van der Waals surface area contributed by atoms with Gasteiger partial charge in [0.2, 0.25) is 5.91 Å². The molecule has 0 fully saturated rings. The highest BCUT2D eigenvalue weighted by atomic mass is 32.2. The van der Waals surface area contributed by atoms with Crippen LogP contribution in [0.1, 0.15) is 12.5 Å². The summed E-state index contributed by atoms with van der Waals surface area (Å²) < 4.78 is 7.12. The summed E-state index contributed by atoms with van der Waals surface area (Å²) in [6, 6.07) is 15.6. The van der Waals surface area contributed by atoms with Crippen LogP contribution in [0.3, 0.4) is 0 Å². The minimum atomic E-state index is -0.0306. The van der Waals surface area contributed by atoms with Crippen molar-refractivity contribution in [1.82, 2.24) is 14.9 Å². The zero-order valence-corrected chi connectivity index (χ0v) is 15.2. The molecule has 6 heteroatoms. The van der Waals surface area contributed by atoms with Crippen molar-refractivity contribution in [2.24, 2.45) is 0 Å². The van der Waals surface area contributed by atoms with Crippen LogP contribution in [0.4, 0.5) is 0 Å². The number of nitrogens with zero attached hydrogens (tertiary/aromatic N) is 2. The number of hydrogen-bond donors (Lipinski definition) is 1. The molecule has 2 aromatic carbocycles. The van der Waals surface area contributed by atoms with Crippen molar-refractivity contribution in [3.8, 4) is 5.75 Å². The normalized spacial score (nSPS) is 10.8. The Bertz CT molecular complexity index is 859. The fraction of sp³-hybridized carbons (Fsp3) is 0.263. The van der Waals surface area contributed by atoms with E-state index in [1.165, 1.54) is 0 Å². The van der Waals surface area contributed by atoms with E-state index in [9.17, 15) is 4.79 Å². The van der Waals surface area contributed by atoms with Crippen LogP contribution in [0.25, 0.3) is 11.0 Å². The summed E-state index contributed by atoms with van der Waals surface area (Å²) in [6.07, 6.45) is 0. The maximum Gasteiger partial charge on any atom is 0.240 e. The summed E-state index contributed by atoms with van der Waals surface area (Å²) in [7, 11) is 1.64. The van der Waals surface area contributed by atoms with Gasteiger partial charge in [0.15, 0.2) is 5.16 Å². The van der Waals surface area contributed by atoms with Gasteiger partial charge in [0, 0.05) is 6.54 Å². The average Bonchev–Trinajstić information content (AvgIpc) is 2.98. The lowest BCUT2D eigenvalue weighted by Crippen LogP contribution is -2.27. The SMILES string of the molecule is CCSc1nc2ccccc2n1CC(=O)NCc1ccc(OC)cc1. The third kappa shape index (κ3) is 4.14. The van der Waals surface area contributed by atoms with Crippen LogP contribution < -0.4 is 10.1 Å². The number of fused-ring (bicyclic) bond motifs is 1. The molecule has 130 valence electrons. The van der Waals surface area contributed by atoms with Crippen molar-refractivity contribution in [3.05, 3.63) is 54.1 Å². The molecule has 1 aromatic heterocycles. The van der Waals surface area contributed by atoms with Crippen molar-refractivity contribution in [3.63, 3.8) is 0 Å². The molecule has 5 nitrogen and oxygen atoms in total. The Balaban J connectivity index is 1.69. The van der Waals surface area contributed by atoms with E-state index in [1.54, 1.807) is 18.9 Å². The van der Waals surface area contributed by atoms with Crippen LogP contribution >= 0.6 is 11.8 Å². The second kappa shape index (κ2) is 8.07. The third-order valence-electron chi connectivity index (χ3n) is 3.84. The topological polar surface area (TPSA) is 56.2 Å². The van der Waals surface area contributed by atoms with E-state index < -0.39 is 0 Å². The number of carbonyl (C=O) groups is 1. The monoisotopic (exact) mass is 355 g/mol. The molecule has 1 N–H and O–H groups in total. The molecule has 0 saturated carbocycles. The fourth-order valence-corrected chi connectivity index (χ4v) is 3.33. The molecule has 3 rings (SSSR count). The number of carbonyl (C=O) groups excluding carboxylic acids is 1. The second-order valence-corrected chi connectivity index (χ2v) is 6.76. The number of rotatable bonds is 7. The van der Waals surface area contributed by atoms with Crippen molar-refractivity contribution < 1.29 is 9.53 Å². The molecule has 0 radical (unpaired) electrons. The molecule has 0 unspecified atom stereocenters. The molecule has 1 heterocycles. The van der Waals surface area contributed by atoms with Crippen LogP contribution in [0, 0.1) is 0 Å². The van der Waals surface area contributed by atoms with E-state index in [2.05, 4.69) is 17.2 Å². The summed E-state index contributed by atoms with van der Waals surface area (Å²) in [6.45, 7) is 2.84. The molecule has 0 aliphatic carbocycles. The molecule has 0 spiro atoms. The van der Waals surface area contributed by atoms with E-state index in [4.69, 9.17) is 4.74 Å². The average molecular weight is 355 g/mol. The molecule has 0 aliphatic rings. The van der Waals surface area contributed by atoms with Crippen molar-refractivity contribution in [2.45, 2.75) is 25.2 Å². The van der Waals surface area contributed by atoms with Gasteiger partial charge in [-0.15, -0.1) is 0 Å². The number of hydrogen-bond acceptors (Lipinski definition) is 4. The Morgan fingerprint density at radius 2 is 1.96 bits per heavy atom. The molecule has 0 aliphatic heterocycles. The molecule has 0 bridgehead atoms. The number of methoxy groups -OCH3 is 1. The smallest absolute Gasteiger partial charge is 0.240 e. The van der Waals surface area contributed by atoms with Gasteiger partial charge in [-0.05, 0) is 35.6 Å². The maximum absolute atomic E-state index is 12.4. The Morgan fingerprint density at radius 1 is 1.20 bits per heavy atom. The van der Waals surface area contributed by atoms with Crippen molar-refractivity contribution in [1.29, 1.82) is 0 Å². The largest absolute Gasteiger partial charge is 0.497 e. The van der Waals surface area contributed by atoms with Gasteiger partial charge in [0.25, 0.3) is 0 Å². The summed E-state index contributed by atoms with van der Waals surface area (Å²) in [5.74, 6) is 1.69. The zero-order valence-electron chi connectivity index (χ0n) is 14.4.